The summed E-state index contributed by atoms with van der Waals surface area (Å²) in [6, 6.07) is 10.0. The average Bonchev–Trinajstić information content (AvgIpc) is 2.78. The lowest BCUT2D eigenvalue weighted by Gasteiger charge is -2.06. The Kier molecular flexibility index (Phi) is 2.78. The van der Waals surface area contributed by atoms with Gasteiger partial charge in [-0.1, -0.05) is 22.0 Å². The normalized spacial score (nSPS) is 10.6. The molecule has 0 bridgehead atoms. The molecule has 84 valence electrons. The highest BCUT2D eigenvalue weighted by molar-refractivity contribution is 9.10. The van der Waals surface area contributed by atoms with Crippen LogP contribution in [0.3, 0.4) is 0 Å². The summed E-state index contributed by atoms with van der Waals surface area (Å²) in [7, 11) is 0. The number of benzene rings is 1. The van der Waals surface area contributed by atoms with Gasteiger partial charge in [0.2, 0.25) is 0 Å². The van der Waals surface area contributed by atoms with E-state index in [9.17, 15) is 0 Å². The second kappa shape index (κ2) is 4.43. The Bertz CT molecular complexity index is 665. The molecule has 17 heavy (non-hydrogen) atoms. The summed E-state index contributed by atoms with van der Waals surface area (Å²) in [4.78, 5) is 9.49. The van der Waals surface area contributed by atoms with Crippen molar-refractivity contribution in [3.63, 3.8) is 0 Å². The monoisotopic (exact) mass is 305 g/mol. The third kappa shape index (κ3) is 2.16. The van der Waals surface area contributed by atoms with E-state index in [-0.39, 0.29) is 0 Å². The summed E-state index contributed by atoms with van der Waals surface area (Å²) >= 11 is 5.06. The first-order valence-corrected chi connectivity index (χ1v) is 6.71. The molecule has 0 aliphatic heterocycles. The van der Waals surface area contributed by atoms with Crippen LogP contribution in [-0.4, -0.2) is 9.97 Å². The van der Waals surface area contributed by atoms with E-state index in [0.717, 1.165) is 26.2 Å². The molecule has 2 aromatic heterocycles. The van der Waals surface area contributed by atoms with E-state index in [1.807, 2.05) is 35.7 Å². The molecule has 0 saturated carbocycles. The molecule has 0 radical (unpaired) electrons. The lowest BCUT2D eigenvalue weighted by atomic mass is 10.3. The van der Waals surface area contributed by atoms with Gasteiger partial charge in [0.15, 0.2) is 0 Å². The van der Waals surface area contributed by atoms with Crippen LogP contribution in [0.2, 0.25) is 0 Å². The Morgan fingerprint density at radius 3 is 3.00 bits per heavy atom. The number of fused-ring (bicyclic) bond motifs is 1. The minimum atomic E-state index is 0.842. The van der Waals surface area contributed by atoms with Crippen LogP contribution in [0.25, 0.3) is 10.2 Å². The highest BCUT2D eigenvalue weighted by Gasteiger charge is 2.04. The number of hydrogen-bond donors (Lipinski definition) is 1. The number of rotatable bonds is 2. The van der Waals surface area contributed by atoms with Crippen molar-refractivity contribution in [2.24, 2.45) is 0 Å². The van der Waals surface area contributed by atoms with Crippen molar-refractivity contribution < 1.29 is 0 Å². The van der Waals surface area contributed by atoms with Gasteiger partial charge < -0.3 is 5.32 Å². The minimum absolute atomic E-state index is 0.842. The summed E-state index contributed by atoms with van der Waals surface area (Å²) < 4.78 is 1.04. The number of thiophene rings is 1. The molecule has 0 spiro atoms. The molecule has 0 saturated heterocycles. The molecule has 3 aromatic rings. The third-order valence-electron chi connectivity index (χ3n) is 2.35. The highest BCUT2D eigenvalue weighted by Crippen LogP contribution is 2.27. The highest BCUT2D eigenvalue weighted by atomic mass is 79.9. The summed E-state index contributed by atoms with van der Waals surface area (Å²) in [6.45, 7) is 0. The molecule has 0 fully saturated rings. The van der Waals surface area contributed by atoms with Gasteiger partial charge >= 0.3 is 0 Å². The van der Waals surface area contributed by atoms with Crippen molar-refractivity contribution in [3.8, 4) is 0 Å². The van der Waals surface area contributed by atoms with Crippen molar-refractivity contribution in [1.82, 2.24) is 9.97 Å². The van der Waals surface area contributed by atoms with Gasteiger partial charge in [-0.15, -0.1) is 11.3 Å². The summed E-state index contributed by atoms with van der Waals surface area (Å²) in [5.74, 6) is 0.842. The van der Waals surface area contributed by atoms with Crippen molar-refractivity contribution in [2.45, 2.75) is 0 Å². The van der Waals surface area contributed by atoms with E-state index in [0.29, 0.717) is 0 Å². The predicted octanol–water partition coefficient (Wildman–Crippen LogP) is 4.20. The maximum atomic E-state index is 4.27. The lowest BCUT2D eigenvalue weighted by molar-refractivity contribution is 1.23. The third-order valence-corrected chi connectivity index (χ3v) is 3.66. The first-order valence-electron chi connectivity index (χ1n) is 5.04. The number of nitrogens with zero attached hydrogens (tertiary/aromatic N) is 2. The van der Waals surface area contributed by atoms with E-state index in [1.54, 1.807) is 17.7 Å². The zero-order chi connectivity index (χ0) is 11.7. The topological polar surface area (TPSA) is 37.8 Å². The van der Waals surface area contributed by atoms with Crippen LogP contribution in [0.15, 0.2) is 46.5 Å². The van der Waals surface area contributed by atoms with Gasteiger partial charge in [-0.05, 0) is 29.6 Å². The molecule has 0 atom stereocenters. The van der Waals surface area contributed by atoms with Crippen LogP contribution in [0, 0.1) is 0 Å². The first-order chi connectivity index (χ1) is 8.33. The molecule has 1 aromatic carbocycles. The summed E-state index contributed by atoms with van der Waals surface area (Å²) in [5.41, 5.74) is 1.01. The van der Waals surface area contributed by atoms with Crippen LogP contribution < -0.4 is 5.32 Å². The molecule has 0 aliphatic carbocycles. The van der Waals surface area contributed by atoms with E-state index >= 15 is 0 Å². The lowest BCUT2D eigenvalue weighted by Crippen LogP contribution is -1.94. The van der Waals surface area contributed by atoms with E-state index in [1.165, 1.54) is 0 Å². The fourth-order valence-electron chi connectivity index (χ4n) is 1.59. The summed E-state index contributed by atoms with van der Waals surface area (Å²) in [5, 5.41) is 6.37. The Balaban J connectivity index is 2.02. The van der Waals surface area contributed by atoms with E-state index in [2.05, 4.69) is 31.2 Å². The molecule has 1 N–H and O–H groups in total. The van der Waals surface area contributed by atoms with Gasteiger partial charge in [0, 0.05) is 10.2 Å². The fourth-order valence-corrected chi connectivity index (χ4v) is 2.72. The van der Waals surface area contributed by atoms with Crippen molar-refractivity contribution >= 4 is 49.0 Å². The Morgan fingerprint density at radius 1 is 1.18 bits per heavy atom. The number of halogens is 1. The maximum absolute atomic E-state index is 4.27. The van der Waals surface area contributed by atoms with Crippen molar-refractivity contribution in [2.75, 3.05) is 5.32 Å². The number of hydrogen-bond acceptors (Lipinski definition) is 4. The van der Waals surface area contributed by atoms with Gasteiger partial charge in [0.05, 0.1) is 5.39 Å². The molecule has 2 heterocycles. The van der Waals surface area contributed by atoms with Crippen molar-refractivity contribution in [1.29, 1.82) is 0 Å². The standard InChI is InChI=1S/C12H8BrN3S/c13-8-2-1-3-9(6-8)16-11-10-4-5-17-12(10)15-7-14-11/h1-7H,(H,14,15,16). The maximum Gasteiger partial charge on any atom is 0.142 e. The van der Waals surface area contributed by atoms with Crippen molar-refractivity contribution in [3.05, 3.63) is 46.5 Å². The Hall–Kier alpha value is -1.46. The SMILES string of the molecule is Brc1cccc(Nc2ncnc3sccc23)c1. The quantitative estimate of drug-likeness (QED) is 0.771. The van der Waals surface area contributed by atoms with Gasteiger partial charge in [-0.3, -0.25) is 0 Å². The Morgan fingerprint density at radius 2 is 2.12 bits per heavy atom. The van der Waals surface area contributed by atoms with Gasteiger partial charge in [0.1, 0.15) is 17.0 Å². The molecular weight excluding hydrogens is 298 g/mol. The largest absolute Gasteiger partial charge is 0.340 e. The molecule has 0 amide bonds. The average molecular weight is 306 g/mol. The Labute approximate surface area is 111 Å². The zero-order valence-electron chi connectivity index (χ0n) is 8.72. The fraction of sp³-hybridized carbons (Fsp3) is 0. The van der Waals surface area contributed by atoms with Gasteiger partial charge in [-0.25, -0.2) is 9.97 Å². The van der Waals surface area contributed by atoms with Crippen LogP contribution in [0.1, 0.15) is 0 Å². The van der Waals surface area contributed by atoms with E-state index < -0.39 is 0 Å². The molecule has 3 rings (SSSR count). The second-order valence-electron chi connectivity index (χ2n) is 3.50. The van der Waals surface area contributed by atoms with Crippen LogP contribution in [0.5, 0.6) is 0 Å². The smallest absolute Gasteiger partial charge is 0.142 e. The van der Waals surface area contributed by atoms with Gasteiger partial charge in [-0.2, -0.15) is 0 Å². The number of aromatic nitrogens is 2. The molecule has 3 nitrogen and oxygen atoms in total. The minimum Gasteiger partial charge on any atom is -0.340 e. The predicted molar refractivity (Wildman–Crippen MR) is 74.8 cm³/mol. The summed E-state index contributed by atoms with van der Waals surface area (Å²) in [6.07, 6.45) is 1.58. The molecule has 5 heteroatoms. The van der Waals surface area contributed by atoms with E-state index in [4.69, 9.17) is 0 Å². The first kappa shape index (κ1) is 10.7. The van der Waals surface area contributed by atoms with Crippen LogP contribution in [-0.2, 0) is 0 Å². The van der Waals surface area contributed by atoms with Gasteiger partial charge in [0.25, 0.3) is 0 Å². The number of nitrogens with one attached hydrogen (secondary N) is 1. The molecular formula is C12H8BrN3S. The molecule has 0 aliphatic rings. The second-order valence-corrected chi connectivity index (χ2v) is 5.31. The van der Waals surface area contributed by atoms with Crippen LogP contribution in [0.4, 0.5) is 11.5 Å². The molecule has 0 unspecified atom stereocenters. The number of anilines is 2. The zero-order valence-corrected chi connectivity index (χ0v) is 11.1. The van der Waals surface area contributed by atoms with Crippen LogP contribution >= 0.6 is 27.3 Å².